The molecule has 1 amide bonds. The van der Waals surface area contributed by atoms with Gasteiger partial charge in [-0.15, -0.1) is 10.2 Å². The molecule has 3 aromatic rings. The Balaban J connectivity index is 1.61. The average molecular weight is 394 g/mol. The minimum atomic E-state index is -0.362. The molecular weight excluding hydrogens is 381 g/mol. The third-order valence-corrected chi connectivity index (χ3v) is 4.74. The third kappa shape index (κ3) is 4.72. The van der Waals surface area contributed by atoms with E-state index in [9.17, 15) is 4.79 Å². The van der Waals surface area contributed by atoms with Crippen molar-refractivity contribution in [1.82, 2.24) is 20.2 Å². The van der Waals surface area contributed by atoms with E-state index in [0.717, 1.165) is 16.4 Å². The number of halogens is 2. The molecule has 0 spiro atoms. The van der Waals surface area contributed by atoms with Gasteiger partial charge in [0, 0.05) is 30.2 Å². The number of nitrogens with one attached hydrogen (secondary N) is 1. The van der Waals surface area contributed by atoms with Gasteiger partial charge in [-0.05, 0) is 31.5 Å². The van der Waals surface area contributed by atoms with E-state index in [2.05, 4.69) is 25.5 Å². The molecule has 0 fully saturated rings. The zero-order chi connectivity index (χ0) is 17.8. The van der Waals surface area contributed by atoms with E-state index >= 15 is 0 Å². The summed E-state index contributed by atoms with van der Waals surface area (Å²) in [6, 6.07) is 5.31. The van der Waals surface area contributed by atoms with E-state index in [1.807, 2.05) is 6.07 Å². The van der Waals surface area contributed by atoms with Gasteiger partial charge in [-0.3, -0.25) is 20.1 Å². The highest BCUT2D eigenvalue weighted by atomic mass is 35.5. The highest BCUT2D eigenvalue weighted by Crippen LogP contribution is 2.21. The lowest BCUT2D eigenvalue weighted by molar-refractivity contribution is 0.102. The summed E-state index contributed by atoms with van der Waals surface area (Å²) >= 11 is 13.2. The molecule has 9 heteroatoms. The largest absolute Gasteiger partial charge is 0.296 e. The minimum absolute atomic E-state index is 0.300. The zero-order valence-corrected chi connectivity index (χ0v) is 15.5. The Morgan fingerprint density at radius 1 is 1.16 bits per heavy atom. The first-order chi connectivity index (χ1) is 12.0. The minimum Gasteiger partial charge on any atom is -0.296 e. The predicted molar refractivity (Wildman–Crippen MR) is 98.5 cm³/mol. The molecule has 0 aliphatic heterocycles. The first kappa shape index (κ1) is 17.7. The summed E-state index contributed by atoms with van der Waals surface area (Å²) in [5, 5.41) is 12.9. The zero-order valence-electron chi connectivity index (χ0n) is 13.2. The van der Waals surface area contributed by atoms with E-state index in [1.54, 1.807) is 25.3 Å². The van der Waals surface area contributed by atoms with Crippen LogP contribution in [0.2, 0.25) is 10.0 Å². The van der Waals surface area contributed by atoms with Gasteiger partial charge in [0.2, 0.25) is 5.13 Å². The highest BCUT2D eigenvalue weighted by molar-refractivity contribution is 7.15. The molecule has 0 aromatic carbocycles. The van der Waals surface area contributed by atoms with Crippen molar-refractivity contribution in [3.63, 3.8) is 0 Å². The van der Waals surface area contributed by atoms with Gasteiger partial charge in [0.15, 0.2) is 0 Å². The molecule has 6 nitrogen and oxygen atoms in total. The summed E-state index contributed by atoms with van der Waals surface area (Å²) in [6.45, 7) is 1.81. The van der Waals surface area contributed by atoms with Crippen LogP contribution in [0, 0.1) is 6.92 Å². The summed E-state index contributed by atoms with van der Waals surface area (Å²) in [5.74, 6) is -0.362. The molecule has 128 valence electrons. The molecule has 25 heavy (non-hydrogen) atoms. The normalized spacial score (nSPS) is 10.7. The highest BCUT2D eigenvalue weighted by Gasteiger charge is 2.14. The molecule has 0 radical (unpaired) electrons. The maximum Gasteiger partial charge on any atom is 0.260 e. The number of hydrogen-bond donors (Lipinski definition) is 1. The maximum absolute atomic E-state index is 12.2. The number of amides is 1. The number of rotatable bonds is 5. The molecular formula is C16H13Cl2N5OS. The first-order valence-electron chi connectivity index (χ1n) is 7.37. The molecule has 0 saturated heterocycles. The molecule has 1 N–H and O–H groups in total. The molecule has 3 rings (SSSR count). The van der Waals surface area contributed by atoms with Crippen LogP contribution in [0.1, 0.15) is 26.8 Å². The molecule has 0 aliphatic carbocycles. The van der Waals surface area contributed by atoms with Gasteiger partial charge < -0.3 is 0 Å². The second-order valence-electron chi connectivity index (χ2n) is 5.23. The molecule has 3 heterocycles. The Morgan fingerprint density at radius 2 is 2.00 bits per heavy atom. The van der Waals surface area contributed by atoms with Crippen LogP contribution in [0.3, 0.4) is 0 Å². The molecule has 0 unspecified atom stereocenters. The number of carbonyl (C=O) groups excluding carboxylic acids is 1. The second kappa shape index (κ2) is 7.86. The van der Waals surface area contributed by atoms with Crippen molar-refractivity contribution in [2.45, 2.75) is 19.8 Å². The van der Waals surface area contributed by atoms with Crippen LogP contribution in [-0.4, -0.2) is 26.1 Å². The second-order valence-corrected chi connectivity index (χ2v) is 7.13. The van der Waals surface area contributed by atoms with Crippen LogP contribution in [0.15, 0.2) is 30.6 Å². The van der Waals surface area contributed by atoms with Crippen LogP contribution < -0.4 is 5.32 Å². The van der Waals surface area contributed by atoms with Gasteiger partial charge in [0.25, 0.3) is 5.91 Å². The van der Waals surface area contributed by atoms with E-state index < -0.39 is 0 Å². The lowest BCUT2D eigenvalue weighted by Crippen LogP contribution is -2.12. The Hall–Kier alpha value is -2.09. The number of anilines is 1. The fourth-order valence-electron chi connectivity index (χ4n) is 2.05. The van der Waals surface area contributed by atoms with E-state index in [4.69, 9.17) is 23.2 Å². The molecule has 0 saturated carbocycles. The van der Waals surface area contributed by atoms with Gasteiger partial charge in [-0.2, -0.15) is 0 Å². The van der Waals surface area contributed by atoms with E-state index in [1.165, 1.54) is 17.5 Å². The average Bonchev–Trinajstić information content (AvgIpc) is 3.01. The van der Waals surface area contributed by atoms with Gasteiger partial charge in [0.1, 0.15) is 5.01 Å². The first-order valence-corrected chi connectivity index (χ1v) is 8.95. The Bertz CT molecular complexity index is 898. The molecule has 0 atom stereocenters. The SMILES string of the molecule is Cc1cc(Cl)c(C(=O)Nc2nnc(CCc3ccc(Cl)cn3)s2)cn1. The van der Waals surface area contributed by atoms with Crippen molar-refractivity contribution in [3.8, 4) is 0 Å². The van der Waals surface area contributed by atoms with Crippen molar-refractivity contribution in [2.24, 2.45) is 0 Å². The summed E-state index contributed by atoms with van der Waals surface area (Å²) < 4.78 is 0. The smallest absolute Gasteiger partial charge is 0.260 e. The van der Waals surface area contributed by atoms with E-state index in [-0.39, 0.29) is 5.91 Å². The van der Waals surface area contributed by atoms with Gasteiger partial charge >= 0.3 is 0 Å². The van der Waals surface area contributed by atoms with Crippen molar-refractivity contribution in [2.75, 3.05) is 5.32 Å². The fourth-order valence-corrected chi connectivity index (χ4v) is 3.19. The molecule has 0 aliphatic rings. The van der Waals surface area contributed by atoms with Gasteiger partial charge in [0.05, 0.1) is 15.6 Å². The summed E-state index contributed by atoms with van der Waals surface area (Å²) in [4.78, 5) is 20.6. The Labute approximate surface area is 158 Å². The number of nitrogens with zero attached hydrogens (tertiary/aromatic N) is 4. The predicted octanol–water partition coefficient (Wildman–Crippen LogP) is 3.98. The molecule has 3 aromatic heterocycles. The topological polar surface area (TPSA) is 80.7 Å². The number of aryl methyl sites for hydroxylation is 3. The van der Waals surface area contributed by atoms with Crippen LogP contribution in [0.5, 0.6) is 0 Å². The van der Waals surface area contributed by atoms with Crippen molar-refractivity contribution in [1.29, 1.82) is 0 Å². The maximum atomic E-state index is 12.2. The van der Waals surface area contributed by atoms with E-state index in [0.29, 0.717) is 33.6 Å². The monoisotopic (exact) mass is 393 g/mol. The van der Waals surface area contributed by atoms with Crippen LogP contribution in [0.25, 0.3) is 0 Å². The number of aromatic nitrogens is 4. The van der Waals surface area contributed by atoms with Crippen LogP contribution in [-0.2, 0) is 12.8 Å². The van der Waals surface area contributed by atoms with Crippen molar-refractivity contribution < 1.29 is 4.79 Å². The van der Waals surface area contributed by atoms with Crippen LogP contribution in [0.4, 0.5) is 5.13 Å². The van der Waals surface area contributed by atoms with Crippen molar-refractivity contribution in [3.05, 3.63) is 62.6 Å². The summed E-state index contributed by atoms with van der Waals surface area (Å²) in [7, 11) is 0. The van der Waals surface area contributed by atoms with Gasteiger partial charge in [-0.25, -0.2) is 0 Å². The number of hydrogen-bond acceptors (Lipinski definition) is 6. The fraction of sp³-hybridized carbons (Fsp3) is 0.188. The lowest BCUT2D eigenvalue weighted by Gasteiger charge is -2.03. The standard InChI is InChI=1S/C16H13Cl2N5OS/c1-9-6-13(18)12(8-19-9)15(24)21-16-23-22-14(25-16)5-4-11-3-2-10(17)7-20-11/h2-3,6-8H,4-5H2,1H3,(H,21,23,24). The third-order valence-electron chi connectivity index (χ3n) is 3.31. The Morgan fingerprint density at radius 3 is 2.72 bits per heavy atom. The van der Waals surface area contributed by atoms with Crippen LogP contribution >= 0.6 is 34.5 Å². The lowest BCUT2D eigenvalue weighted by atomic mass is 10.2. The number of carbonyl (C=O) groups is 1. The molecule has 0 bridgehead atoms. The van der Waals surface area contributed by atoms with Crippen molar-refractivity contribution >= 4 is 45.6 Å². The van der Waals surface area contributed by atoms with Gasteiger partial charge in [-0.1, -0.05) is 34.5 Å². The quantitative estimate of drug-likeness (QED) is 0.708. The summed E-state index contributed by atoms with van der Waals surface area (Å²) in [6.07, 6.45) is 4.45. The summed E-state index contributed by atoms with van der Waals surface area (Å²) in [5.41, 5.74) is 1.97. The Kier molecular flexibility index (Phi) is 5.57. The number of pyridine rings is 2.